The summed E-state index contributed by atoms with van der Waals surface area (Å²) >= 11 is 1.59. The highest BCUT2D eigenvalue weighted by Crippen LogP contribution is 2.38. The number of likely N-dealkylation sites (tertiary alicyclic amines) is 1. The van der Waals surface area contributed by atoms with Gasteiger partial charge in [0.1, 0.15) is 12.7 Å². The topological polar surface area (TPSA) is 32.7 Å². The number of thiophene rings is 1. The van der Waals surface area contributed by atoms with Gasteiger partial charge in [0.05, 0.1) is 0 Å². The van der Waals surface area contributed by atoms with Gasteiger partial charge in [-0.1, -0.05) is 0 Å². The number of aliphatic hydroxyl groups is 1. The van der Waals surface area contributed by atoms with Crippen LogP contribution in [-0.2, 0) is 0 Å². The standard InChI is InChI=1S/C17H29NO2S.ClH/c1-13-7-10-21-15(13)20-12-14(19)11-18-16(2,3)8-6-9-17(18,4)5;/h7,10,14,19H,6,8-9,11-12H2,1-5H3;1H. The van der Waals surface area contributed by atoms with Crippen LogP contribution in [0.1, 0.15) is 52.5 Å². The van der Waals surface area contributed by atoms with Crippen LogP contribution in [0.25, 0.3) is 0 Å². The van der Waals surface area contributed by atoms with Gasteiger partial charge in [-0.05, 0) is 65.3 Å². The molecule has 3 nitrogen and oxygen atoms in total. The number of aryl methyl sites for hydroxylation is 1. The molecule has 0 aliphatic carbocycles. The lowest BCUT2D eigenvalue weighted by molar-refractivity contribution is -0.0605. The van der Waals surface area contributed by atoms with E-state index in [4.69, 9.17) is 4.74 Å². The molecule has 1 fully saturated rings. The summed E-state index contributed by atoms with van der Waals surface area (Å²) in [4.78, 5) is 2.46. The van der Waals surface area contributed by atoms with Crippen molar-refractivity contribution in [3.05, 3.63) is 17.0 Å². The first-order valence-corrected chi connectivity index (χ1v) is 8.73. The van der Waals surface area contributed by atoms with Crippen LogP contribution in [0.15, 0.2) is 11.4 Å². The Hall–Kier alpha value is -0.290. The molecule has 2 heterocycles. The van der Waals surface area contributed by atoms with Crippen LogP contribution in [0.5, 0.6) is 5.06 Å². The van der Waals surface area contributed by atoms with Crippen LogP contribution in [0.4, 0.5) is 0 Å². The highest BCUT2D eigenvalue weighted by atomic mass is 35.5. The Morgan fingerprint density at radius 2 is 1.86 bits per heavy atom. The lowest BCUT2D eigenvalue weighted by Crippen LogP contribution is -2.60. The molecule has 0 saturated carbocycles. The summed E-state index contributed by atoms with van der Waals surface area (Å²) in [6, 6.07) is 2.04. The molecule has 0 amide bonds. The third kappa shape index (κ3) is 4.60. The second-order valence-corrected chi connectivity index (χ2v) is 8.32. The average molecular weight is 348 g/mol. The molecule has 1 unspecified atom stereocenters. The number of hydrogen-bond acceptors (Lipinski definition) is 4. The summed E-state index contributed by atoms with van der Waals surface area (Å²) in [6.07, 6.45) is 3.18. The second-order valence-electron chi connectivity index (χ2n) is 7.44. The van der Waals surface area contributed by atoms with Crippen LogP contribution < -0.4 is 4.74 Å². The minimum Gasteiger partial charge on any atom is -0.481 e. The van der Waals surface area contributed by atoms with Crippen molar-refractivity contribution in [2.75, 3.05) is 13.2 Å². The molecule has 0 spiro atoms. The van der Waals surface area contributed by atoms with Crippen LogP contribution in [0.2, 0.25) is 0 Å². The first-order valence-electron chi connectivity index (χ1n) is 7.85. The Labute approximate surface area is 145 Å². The third-order valence-corrected chi connectivity index (χ3v) is 5.58. The van der Waals surface area contributed by atoms with E-state index in [1.807, 2.05) is 18.4 Å². The molecule has 5 heteroatoms. The molecule has 1 aromatic rings. The van der Waals surface area contributed by atoms with E-state index in [0.717, 1.165) is 10.6 Å². The summed E-state index contributed by atoms with van der Waals surface area (Å²) in [5.41, 5.74) is 1.43. The lowest BCUT2D eigenvalue weighted by atomic mass is 9.79. The molecule has 1 N–H and O–H groups in total. The van der Waals surface area contributed by atoms with Crippen LogP contribution in [0.3, 0.4) is 0 Å². The maximum absolute atomic E-state index is 10.4. The Morgan fingerprint density at radius 3 is 2.36 bits per heavy atom. The number of nitrogens with zero attached hydrogens (tertiary/aromatic N) is 1. The zero-order chi connectivity index (χ0) is 15.7. The quantitative estimate of drug-likeness (QED) is 0.863. The number of piperidine rings is 1. The number of hydrogen-bond donors (Lipinski definition) is 1. The minimum absolute atomic E-state index is 0. The van der Waals surface area contributed by atoms with E-state index >= 15 is 0 Å². The molecule has 1 aliphatic heterocycles. The molecule has 1 aromatic heterocycles. The van der Waals surface area contributed by atoms with Crippen molar-refractivity contribution in [1.82, 2.24) is 4.90 Å². The number of β-amino-alcohol motifs (C(OH)–C–C–N with tert-alkyl or cyclic N) is 1. The highest BCUT2D eigenvalue weighted by molar-refractivity contribution is 7.12. The maximum atomic E-state index is 10.4. The normalized spacial score (nSPS) is 21.9. The smallest absolute Gasteiger partial charge is 0.176 e. The summed E-state index contributed by atoms with van der Waals surface area (Å²) in [6.45, 7) is 12.2. The van der Waals surface area contributed by atoms with Crippen molar-refractivity contribution in [3.63, 3.8) is 0 Å². The predicted octanol–water partition coefficient (Wildman–Crippen LogP) is 4.26. The van der Waals surface area contributed by atoms with Gasteiger partial charge in [-0.2, -0.15) is 0 Å². The van der Waals surface area contributed by atoms with Crippen molar-refractivity contribution in [2.24, 2.45) is 0 Å². The molecule has 128 valence electrons. The van der Waals surface area contributed by atoms with Gasteiger partial charge in [0.15, 0.2) is 5.06 Å². The van der Waals surface area contributed by atoms with Crippen LogP contribution >= 0.6 is 23.7 Å². The monoisotopic (exact) mass is 347 g/mol. The van der Waals surface area contributed by atoms with Crippen molar-refractivity contribution < 1.29 is 9.84 Å². The summed E-state index contributed by atoms with van der Waals surface area (Å²) in [5, 5.41) is 13.3. The molecule has 1 aliphatic rings. The van der Waals surface area contributed by atoms with Gasteiger partial charge in [-0.25, -0.2) is 0 Å². The number of halogens is 1. The zero-order valence-electron chi connectivity index (χ0n) is 14.4. The molecule has 0 bridgehead atoms. The molecule has 1 atom stereocenters. The van der Waals surface area contributed by atoms with Crippen LogP contribution in [-0.4, -0.2) is 40.3 Å². The first-order chi connectivity index (χ1) is 9.72. The first kappa shape index (κ1) is 19.8. The Bertz CT molecular complexity index is 457. The molecule has 2 rings (SSSR count). The Balaban J connectivity index is 0.00000242. The van der Waals surface area contributed by atoms with E-state index < -0.39 is 6.10 Å². The minimum atomic E-state index is -0.455. The highest BCUT2D eigenvalue weighted by Gasteiger charge is 2.41. The summed E-state index contributed by atoms with van der Waals surface area (Å²) < 4.78 is 5.76. The van der Waals surface area contributed by atoms with Crippen molar-refractivity contribution in [2.45, 2.75) is 71.1 Å². The van der Waals surface area contributed by atoms with E-state index in [0.29, 0.717) is 13.2 Å². The molecule has 22 heavy (non-hydrogen) atoms. The van der Waals surface area contributed by atoms with E-state index in [-0.39, 0.29) is 23.5 Å². The average Bonchev–Trinajstić information content (AvgIpc) is 2.77. The zero-order valence-corrected chi connectivity index (χ0v) is 16.0. The van der Waals surface area contributed by atoms with E-state index in [9.17, 15) is 5.11 Å². The van der Waals surface area contributed by atoms with Gasteiger partial charge in [0.25, 0.3) is 0 Å². The molecule has 0 aromatic carbocycles. The third-order valence-electron chi connectivity index (χ3n) is 4.65. The Kier molecular flexibility index (Phi) is 6.75. The molecular weight excluding hydrogens is 318 g/mol. The van der Waals surface area contributed by atoms with Crippen LogP contribution in [0, 0.1) is 6.92 Å². The fourth-order valence-corrected chi connectivity index (χ4v) is 4.26. The molecule has 0 radical (unpaired) electrons. The summed E-state index contributed by atoms with van der Waals surface area (Å²) in [5.74, 6) is 0. The molecular formula is C17H30ClNO2S. The van der Waals surface area contributed by atoms with Gasteiger partial charge < -0.3 is 9.84 Å². The second kappa shape index (κ2) is 7.52. The number of aliphatic hydroxyl groups excluding tert-OH is 1. The molecule has 1 saturated heterocycles. The van der Waals surface area contributed by atoms with Crippen molar-refractivity contribution in [1.29, 1.82) is 0 Å². The fourth-order valence-electron chi connectivity index (χ4n) is 3.48. The van der Waals surface area contributed by atoms with E-state index in [1.165, 1.54) is 19.3 Å². The van der Waals surface area contributed by atoms with Gasteiger partial charge in [0.2, 0.25) is 0 Å². The number of rotatable bonds is 5. The Morgan fingerprint density at radius 1 is 1.27 bits per heavy atom. The van der Waals surface area contributed by atoms with E-state index in [2.05, 4.69) is 32.6 Å². The lowest BCUT2D eigenvalue weighted by Gasteiger charge is -2.53. The SMILES string of the molecule is Cc1ccsc1OCC(O)CN1C(C)(C)CCCC1(C)C.Cl. The summed E-state index contributed by atoms with van der Waals surface area (Å²) in [7, 11) is 0. The van der Waals surface area contributed by atoms with Crippen molar-refractivity contribution in [3.8, 4) is 5.06 Å². The van der Waals surface area contributed by atoms with E-state index in [1.54, 1.807) is 11.3 Å². The number of ether oxygens (including phenoxy) is 1. The maximum Gasteiger partial charge on any atom is 0.176 e. The van der Waals surface area contributed by atoms with Gasteiger partial charge in [0, 0.05) is 23.2 Å². The van der Waals surface area contributed by atoms with Gasteiger partial charge >= 0.3 is 0 Å². The fraction of sp³-hybridized carbons (Fsp3) is 0.765. The van der Waals surface area contributed by atoms with Crippen molar-refractivity contribution >= 4 is 23.7 Å². The largest absolute Gasteiger partial charge is 0.481 e. The van der Waals surface area contributed by atoms with Gasteiger partial charge in [-0.3, -0.25) is 4.90 Å². The predicted molar refractivity (Wildman–Crippen MR) is 96.5 cm³/mol. The van der Waals surface area contributed by atoms with Gasteiger partial charge in [-0.15, -0.1) is 23.7 Å².